The summed E-state index contributed by atoms with van der Waals surface area (Å²) in [6.45, 7) is 10.8. The van der Waals surface area contributed by atoms with Crippen LogP contribution in [0.1, 0.15) is 54.4 Å². The van der Waals surface area contributed by atoms with E-state index < -0.39 is 99.9 Å². The molecule has 4 saturated heterocycles. The Labute approximate surface area is 231 Å². The summed E-state index contributed by atoms with van der Waals surface area (Å²) in [6.07, 6.45) is -6.62. The van der Waals surface area contributed by atoms with Crippen molar-refractivity contribution in [2.45, 2.75) is 102 Å². The van der Waals surface area contributed by atoms with Gasteiger partial charge in [-0.1, -0.05) is 41.0 Å². The highest BCUT2D eigenvalue weighted by molar-refractivity contribution is 5.94. The number of nitrogens with two attached hydrogens (primary N) is 1. The molecule has 4 heterocycles. The number of fused-ring (bicyclic) bond motifs is 1. The SMILES string of the molecule is CCC(C)C(N)C(=O)O[C@H]1C(=O)OC2OC34C(=O)OC5C[C@@H](C(C)(C)C)C21C53[C@@H](O)C1OC(=O)[C@@H](C)[C@@]14O.Cl. The maximum Gasteiger partial charge on any atom is 0.350 e. The molecular formula is C26H36ClNO11. The van der Waals surface area contributed by atoms with E-state index in [1.807, 2.05) is 27.7 Å². The van der Waals surface area contributed by atoms with Crippen molar-refractivity contribution in [3.05, 3.63) is 0 Å². The first-order valence-electron chi connectivity index (χ1n) is 13.3. The normalized spacial score (nSPS) is 50.2. The van der Waals surface area contributed by atoms with Gasteiger partial charge in [-0.05, 0) is 30.6 Å². The van der Waals surface area contributed by atoms with Crippen molar-refractivity contribution in [3.63, 3.8) is 0 Å². The summed E-state index contributed by atoms with van der Waals surface area (Å²) in [6, 6.07) is -1.04. The summed E-state index contributed by atoms with van der Waals surface area (Å²) in [5, 5.41) is 24.2. The third-order valence-electron chi connectivity index (χ3n) is 10.7. The van der Waals surface area contributed by atoms with E-state index in [2.05, 4.69) is 0 Å². The highest BCUT2D eigenvalue weighted by Gasteiger charge is 3.04. The third kappa shape index (κ3) is 2.62. The van der Waals surface area contributed by atoms with Crippen molar-refractivity contribution in [3.8, 4) is 0 Å². The van der Waals surface area contributed by atoms with Crippen molar-refractivity contribution in [2.75, 3.05) is 0 Å². The van der Waals surface area contributed by atoms with Gasteiger partial charge in [0, 0.05) is 0 Å². The molecule has 0 bridgehead atoms. The second kappa shape index (κ2) is 8.06. The number of carbonyl (C=O) groups is 4. The molecule has 0 aromatic heterocycles. The van der Waals surface area contributed by atoms with Crippen molar-refractivity contribution in [2.24, 2.45) is 39.7 Å². The lowest BCUT2D eigenvalue weighted by molar-refractivity contribution is -0.240. The van der Waals surface area contributed by atoms with Gasteiger partial charge in [-0.15, -0.1) is 12.4 Å². The quantitative estimate of drug-likeness (QED) is 0.302. The Kier molecular flexibility index (Phi) is 5.90. The Morgan fingerprint density at radius 2 is 1.82 bits per heavy atom. The molecule has 218 valence electrons. The molecular weight excluding hydrogens is 538 g/mol. The van der Waals surface area contributed by atoms with Crippen LogP contribution in [0, 0.1) is 34.0 Å². The molecule has 2 aliphatic carbocycles. The van der Waals surface area contributed by atoms with Crippen molar-refractivity contribution in [1.82, 2.24) is 0 Å². The van der Waals surface area contributed by atoms with Gasteiger partial charge < -0.3 is 39.6 Å². The fourth-order valence-corrected chi connectivity index (χ4v) is 8.92. The minimum atomic E-state index is -2.33. The predicted octanol–water partition coefficient (Wildman–Crippen LogP) is -0.0234. The van der Waals surface area contributed by atoms with Crippen LogP contribution in [0.25, 0.3) is 0 Å². The number of ether oxygens (including phenoxy) is 5. The third-order valence-corrected chi connectivity index (χ3v) is 10.7. The number of aliphatic hydroxyl groups excluding tert-OH is 1. The van der Waals surface area contributed by atoms with Gasteiger partial charge in [-0.2, -0.15) is 0 Å². The Balaban J connectivity index is 0.00000308. The van der Waals surface area contributed by atoms with Gasteiger partial charge >= 0.3 is 23.9 Å². The standard InChI is InChI=1S/C26H35NO11.ClH/c1-7-9(2)13(27)18(30)36-16-19(31)37-21-23(16)11(22(4,5)6)8-12-24(23)14(28)15-25(33,10(3)17(29)35-15)26(24,38-21)20(32)34-12;/h9-16,21,28,33H,7-8,27H2,1-6H3;1H/t9?,10-,11+,12?,13?,14+,15?,16+,21?,23?,24?,25-,26?;/m1./s1. The van der Waals surface area contributed by atoms with E-state index in [1.165, 1.54) is 6.92 Å². The Hall–Kier alpha value is -1.99. The summed E-state index contributed by atoms with van der Waals surface area (Å²) >= 11 is 0. The van der Waals surface area contributed by atoms with Crippen LogP contribution in [0.2, 0.25) is 0 Å². The molecule has 13 heteroatoms. The summed E-state index contributed by atoms with van der Waals surface area (Å²) in [7, 11) is 0. The average molecular weight is 574 g/mol. The maximum atomic E-state index is 13.8. The molecule has 6 aliphatic rings. The number of hydrogen-bond acceptors (Lipinski definition) is 12. The molecule has 6 fully saturated rings. The molecule has 13 atom stereocenters. The smallest absolute Gasteiger partial charge is 0.350 e. The largest absolute Gasteiger partial charge is 0.459 e. The number of hydrogen-bond donors (Lipinski definition) is 3. The van der Waals surface area contributed by atoms with E-state index >= 15 is 0 Å². The van der Waals surface area contributed by atoms with Crippen LogP contribution in [0.15, 0.2) is 0 Å². The van der Waals surface area contributed by atoms with Gasteiger partial charge in [0.25, 0.3) is 0 Å². The predicted molar refractivity (Wildman–Crippen MR) is 131 cm³/mol. The summed E-state index contributed by atoms with van der Waals surface area (Å²) in [4.78, 5) is 53.1. The first-order chi connectivity index (χ1) is 17.6. The van der Waals surface area contributed by atoms with Crippen molar-refractivity contribution in [1.29, 1.82) is 0 Å². The van der Waals surface area contributed by atoms with Crippen LogP contribution in [-0.4, -0.2) is 82.0 Å². The highest BCUT2D eigenvalue weighted by atomic mass is 35.5. The molecule has 12 nitrogen and oxygen atoms in total. The maximum absolute atomic E-state index is 13.8. The van der Waals surface area contributed by atoms with Crippen LogP contribution in [-0.2, 0) is 42.9 Å². The number of esters is 4. The first-order valence-corrected chi connectivity index (χ1v) is 13.3. The lowest BCUT2D eigenvalue weighted by Gasteiger charge is -2.48. The second-order valence-electron chi connectivity index (χ2n) is 13.0. The van der Waals surface area contributed by atoms with Crippen LogP contribution in [0.3, 0.4) is 0 Å². The molecule has 4 N–H and O–H groups in total. The van der Waals surface area contributed by atoms with Crippen LogP contribution < -0.4 is 5.73 Å². The van der Waals surface area contributed by atoms with Gasteiger partial charge in [0.1, 0.15) is 18.2 Å². The first kappa shape index (κ1) is 28.5. The Bertz CT molecular complexity index is 1160. The second-order valence-corrected chi connectivity index (χ2v) is 13.0. The van der Waals surface area contributed by atoms with Crippen LogP contribution >= 0.6 is 12.4 Å². The number of carbonyl (C=O) groups excluding carboxylic acids is 4. The van der Waals surface area contributed by atoms with Gasteiger partial charge in [0.15, 0.2) is 11.7 Å². The molecule has 2 saturated carbocycles. The molecule has 39 heavy (non-hydrogen) atoms. The van der Waals surface area contributed by atoms with Gasteiger partial charge in [0.2, 0.25) is 18.0 Å². The molecule has 6 rings (SSSR count). The van der Waals surface area contributed by atoms with Crippen LogP contribution in [0.4, 0.5) is 0 Å². The number of aliphatic hydroxyl groups is 2. The molecule has 0 amide bonds. The van der Waals surface area contributed by atoms with E-state index in [9.17, 15) is 29.4 Å². The summed E-state index contributed by atoms with van der Waals surface area (Å²) in [5.41, 5.74) is -2.58. The molecule has 0 aromatic rings. The van der Waals surface area contributed by atoms with Gasteiger partial charge in [-0.25, -0.2) is 9.59 Å². The van der Waals surface area contributed by atoms with E-state index in [1.54, 1.807) is 6.92 Å². The van der Waals surface area contributed by atoms with Gasteiger partial charge in [0.05, 0.1) is 16.7 Å². The fourth-order valence-electron chi connectivity index (χ4n) is 8.92. The lowest BCUT2D eigenvalue weighted by atomic mass is 9.51. The van der Waals surface area contributed by atoms with Gasteiger partial charge in [-0.3, -0.25) is 9.59 Å². The lowest BCUT2D eigenvalue weighted by Crippen LogP contribution is -2.67. The molecule has 4 aliphatic heterocycles. The summed E-state index contributed by atoms with van der Waals surface area (Å²) < 4.78 is 29.2. The van der Waals surface area contributed by atoms with Crippen molar-refractivity contribution >= 4 is 36.3 Å². The van der Waals surface area contributed by atoms with E-state index in [-0.39, 0.29) is 24.7 Å². The fraction of sp³-hybridized carbons (Fsp3) is 0.846. The number of halogens is 1. The topological polar surface area (TPSA) is 181 Å². The minimum absolute atomic E-state index is 0. The Morgan fingerprint density at radius 1 is 1.18 bits per heavy atom. The van der Waals surface area contributed by atoms with Crippen molar-refractivity contribution < 1.29 is 53.1 Å². The summed E-state index contributed by atoms with van der Waals surface area (Å²) in [5.74, 6) is -5.61. The zero-order valence-corrected chi connectivity index (χ0v) is 23.5. The molecule has 0 radical (unpaired) electrons. The Morgan fingerprint density at radius 3 is 2.41 bits per heavy atom. The minimum Gasteiger partial charge on any atom is -0.459 e. The van der Waals surface area contributed by atoms with E-state index in [0.717, 1.165) is 0 Å². The zero-order chi connectivity index (χ0) is 28.0. The average Bonchev–Trinajstić information content (AvgIpc) is 3.56. The molecule has 2 spiro atoms. The number of rotatable bonds is 4. The zero-order valence-electron chi connectivity index (χ0n) is 22.7. The highest BCUT2D eigenvalue weighted by Crippen LogP contribution is 2.84. The van der Waals surface area contributed by atoms with Crippen LogP contribution in [0.5, 0.6) is 0 Å². The van der Waals surface area contributed by atoms with E-state index in [4.69, 9.17) is 29.4 Å². The monoisotopic (exact) mass is 573 g/mol. The molecule has 0 aromatic carbocycles. The molecule has 8 unspecified atom stereocenters. The van der Waals surface area contributed by atoms with E-state index in [0.29, 0.717) is 6.42 Å².